The lowest BCUT2D eigenvalue weighted by Crippen LogP contribution is -2.65. The van der Waals surface area contributed by atoms with Crippen LogP contribution in [0.5, 0.6) is 0 Å². The molecule has 4 aliphatic rings. The Balaban J connectivity index is 1.64. The molecule has 0 radical (unpaired) electrons. The summed E-state index contributed by atoms with van der Waals surface area (Å²) < 4.78 is 0. The summed E-state index contributed by atoms with van der Waals surface area (Å²) in [7, 11) is 0. The monoisotopic (exact) mass is 422 g/mol. The smallest absolute Gasteiger partial charge is 0.303 e. The molecule has 0 heterocycles. The van der Waals surface area contributed by atoms with Crippen LogP contribution >= 0.6 is 0 Å². The average molecular weight is 423 g/mol. The van der Waals surface area contributed by atoms with Gasteiger partial charge in [-0.15, -0.1) is 0 Å². The van der Waals surface area contributed by atoms with E-state index in [-0.39, 0.29) is 58.5 Å². The highest BCUT2D eigenvalue weighted by Crippen LogP contribution is 2.71. The average Bonchev–Trinajstić information content (AvgIpc) is 3.00. The summed E-state index contributed by atoms with van der Waals surface area (Å²) in [5.74, 6) is 0.572. The van der Waals surface area contributed by atoms with Gasteiger partial charge in [0.25, 0.3) is 0 Å². The second-order valence-corrected chi connectivity index (χ2v) is 12.1. The molecule has 0 bridgehead atoms. The summed E-state index contributed by atoms with van der Waals surface area (Å²) in [6, 6.07) is 0. The van der Waals surface area contributed by atoms with Gasteiger partial charge in [0.2, 0.25) is 0 Å². The minimum atomic E-state index is -0.750. The first kappa shape index (κ1) is 22.5. The Morgan fingerprint density at radius 3 is 2.40 bits per heavy atom. The van der Waals surface area contributed by atoms with Crippen molar-refractivity contribution in [3.63, 3.8) is 0 Å². The van der Waals surface area contributed by atoms with Gasteiger partial charge in [-0.2, -0.15) is 0 Å². The maximum Gasteiger partial charge on any atom is 0.303 e. The van der Waals surface area contributed by atoms with Gasteiger partial charge in [-0.25, -0.2) is 0 Å². The van der Waals surface area contributed by atoms with Crippen molar-refractivity contribution in [2.45, 2.75) is 104 Å². The van der Waals surface area contributed by atoms with E-state index in [2.05, 4.69) is 27.7 Å². The van der Waals surface area contributed by atoms with Crippen LogP contribution in [0.1, 0.15) is 85.5 Å². The van der Waals surface area contributed by atoms with E-state index in [0.717, 1.165) is 44.9 Å². The molecule has 11 atom stereocenters. The lowest BCUT2D eigenvalue weighted by Gasteiger charge is -2.67. The van der Waals surface area contributed by atoms with Gasteiger partial charge in [0, 0.05) is 6.42 Å². The summed E-state index contributed by atoms with van der Waals surface area (Å²) in [5, 5.41) is 42.5. The van der Waals surface area contributed by atoms with Crippen molar-refractivity contribution < 1.29 is 25.2 Å². The van der Waals surface area contributed by atoms with Crippen molar-refractivity contribution in [2.75, 3.05) is 0 Å². The predicted octanol–water partition coefficient (Wildman–Crippen LogP) is 3.84. The van der Waals surface area contributed by atoms with E-state index in [1.54, 1.807) is 0 Å². The van der Waals surface area contributed by atoms with Crippen molar-refractivity contribution in [3.8, 4) is 0 Å². The standard InChI is InChI=1S/C25H42O5/c1-14(5-8-21(29)30)16-6-7-17-22-18(11-20(28)25(16,17)4)24(3)10-9-15(26)12-23(24,2)13-19(22)27/h14-20,22,26-28H,5-13H2,1-4H3,(H,29,30)/t14-,15-,16-,17+,18+,19-,20+,22?,23?,24?,25?/m1/s1. The Morgan fingerprint density at radius 1 is 1.03 bits per heavy atom. The van der Waals surface area contributed by atoms with Gasteiger partial charge in [-0.3, -0.25) is 4.79 Å². The van der Waals surface area contributed by atoms with E-state index < -0.39 is 12.1 Å². The molecule has 172 valence electrons. The van der Waals surface area contributed by atoms with Crippen molar-refractivity contribution in [1.29, 1.82) is 0 Å². The van der Waals surface area contributed by atoms with Gasteiger partial charge in [0.15, 0.2) is 0 Å². The topological polar surface area (TPSA) is 98.0 Å². The van der Waals surface area contributed by atoms with Crippen LogP contribution in [0.3, 0.4) is 0 Å². The molecule has 0 aromatic rings. The number of carbonyl (C=O) groups is 1. The molecule has 0 amide bonds. The fraction of sp³-hybridized carbons (Fsp3) is 0.960. The number of aliphatic hydroxyl groups is 3. The zero-order valence-corrected chi connectivity index (χ0v) is 19.2. The van der Waals surface area contributed by atoms with E-state index in [4.69, 9.17) is 5.11 Å². The third kappa shape index (κ3) is 3.09. The van der Waals surface area contributed by atoms with Crippen LogP contribution in [0.15, 0.2) is 0 Å². The highest BCUT2D eigenvalue weighted by molar-refractivity contribution is 5.66. The van der Waals surface area contributed by atoms with Gasteiger partial charge in [0.1, 0.15) is 0 Å². The summed E-state index contributed by atoms with van der Waals surface area (Å²) in [6.45, 7) is 8.99. The van der Waals surface area contributed by atoms with Gasteiger partial charge in [-0.1, -0.05) is 27.7 Å². The molecule has 0 aromatic heterocycles. The number of hydrogen-bond acceptors (Lipinski definition) is 4. The molecule has 30 heavy (non-hydrogen) atoms. The number of fused-ring (bicyclic) bond motifs is 5. The van der Waals surface area contributed by atoms with Gasteiger partial charge >= 0.3 is 5.97 Å². The van der Waals surface area contributed by atoms with Crippen molar-refractivity contribution in [1.82, 2.24) is 0 Å². The summed E-state index contributed by atoms with van der Waals surface area (Å²) in [4.78, 5) is 11.1. The Kier molecular flexibility index (Phi) is 5.60. The minimum Gasteiger partial charge on any atom is -0.481 e. The number of carboxylic acid groups (broad SMARTS) is 1. The first-order chi connectivity index (χ1) is 13.9. The molecule has 4 fully saturated rings. The van der Waals surface area contributed by atoms with Gasteiger partial charge in [-0.05, 0) is 97.2 Å². The SMILES string of the molecule is C[C@H](CCC(=O)O)[C@H]1CC[C@H]2C3[C@H](O)CC4(C)C[C@H](O)CCC4(C)[C@H]3C[C@H](O)C12C. The maximum atomic E-state index is 11.6. The molecule has 4 aliphatic carbocycles. The quantitative estimate of drug-likeness (QED) is 0.552. The van der Waals surface area contributed by atoms with E-state index >= 15 is 0 Å². The molecule has 0 saturated heterocycles. The Labute approximate surface area is 181 Å². The molecular formula is C25H42O5. The molecule has 4 N–H and O–H groups in total. The van der Waals surface area contributed by atoms with Crippen LogP contribution in [0.25, 0.3) is 0 Å². The highest BCUT2D eigenvalue weighted by atomic mass is 16.4. The maximum absolute atomic E-state index is 11.6. The van der Waals surface area contributed by atoms with E-state index in [1.165, 1.54) is 0 Å². The number of rotatable bonds is 4. The number of aliphatic carboxylic acids is 1. The number of carboxylic acids is 1. The van der Waals surface area contributed by atoms with E-state index in [9.17, 15) is 20.1 Å². The number of hydrogen-bond donors (Lipinski definition) is 4. The number of aliphatic hydroxyl groups excluding tert-OH is 3. The lowest BCUT2D eigenvalue weighted by atomic mass is 9.39. The Hall–Kier alpha value is -0.650. The first-order valence-corrected chi connectivity index (χ1v) is 12.2. The predicted molar refractivity (Wildman–Crippen MR) is 115 cm³/mol. The fourth-order valence-electron chi connectivity index (χ4n) is 9.13. The lowest BCUT2D eigenvalue weighted by molar-refractivity contribution is -0.233. The van der Waals surface area contributed by atoms with E-state index in [1.807, 2.05) is 0 Å². The molecule has 0 spiro atoms. The Bertz CT molecular complexity index is 680. The summed E-state index contributed by atoms with van der Waals surface area (Å²) in [6.07, 6.45) is 5.78. The molecule has 5 heteroatoms. The molecule has 0 aromatic carbocycles. The first-order valence-electron chi connectivity index (χ1n) is 12.2. The summed E-state index contributed by atoms with van der Waals surface area (Å²) in [5.41, 5.74) is -0.310. The normalized spacial score (nSPS) is 54.0. The highest BCUT2D eigenvalue weighted by Gasteiger charge is 2.68. The van der Waals surface area contributed by atoms with Crippen LogP contribution in [-0.2, 0) is 4.79 Å². The van der Waals surface area contributed by atoms with Crippen molar-refractivity contribution in [2.24, 2.45) is 45.8 Å². The second-order valence-electron chi connectivity index (χ2n) is 12.1. The van der Waals surface area contributed by atoms with Gasteiger partial charge in [0.05, 0.1) is 18.3 Å². The molecular weight excluding hydrogens is 380 g/mol. The van der Waals surface area contributed by atoms with Crippen LogP contribution < -0.4 is 0 Å². The molecule has 4 unspecified atom stereocenters. The Morgan fingerprint density at radius 2 is 1.73 bits per heavy atom. The third-order valence-corrected chi connectivity index (χ3v) is 11.0. The van der Waals surface area contributed by atoms with Crippen molar-refractivity contribution >= 4 is 5.97 Å². The van der Waals surface area contributed by atoms with Crippen LogP contribution in [0.4, 0.5) is 0 Å². The largest absolute Gasteiger partial charge is 0.481 e. The van der Waals surface area contributed by atoms with Crippen LogP contribution in [0, 0.1) is 45.8 Å². The molecule has 4 saturated carbocycles. The fourth-order valence-corrected chi connectivity index (χ4v) is 9.13. The molecule has 0 aliphatic heterocycles. The zero-order valence-electron chi connectivity index (χ0n) is 19.2. The van der Waals surface area contributed by atoms with Crippen molar-refractivity contribution in [3.05, 3.63) is 0 Å². The third-order valence-electron chi connectivity index (χ3n) is 11.0. The molecule has 5 nitrogen and oxygen atoms in total. The van der Waals surface area contributed by atoms with E-state index in [0.29, 0.717) is 12.3 Å². The zero-order chi connectivity index (χ0) is 22.1. The van der Waals surface area contributed by atoms with Crippen LogP contribution in [0.2, 0.25) is 0 Å². The minimum absolute atomic E-state index is 0.0332. The van der Waals surface area contributed by atoms with Crippen LogP contribution in [-0.4, -0.2) is 44.7 Å². The molecule has 4 rings (SSSR count). The second kappa shape index (κ2) is 7.45. The van der Waals surface area contributed by atoms with Gasteiger partial charge < -0.3 is 20.4 Å². The summed E-state index contributed by atoms with van der Waals surface area (Å²) >= 11 is 0.